The fraction of sp³-hybridized carbons (Fsp3) is 0.571. The van der Waals surface area contributed by atoms with Crippen LogP contribution in [0.15, 0.2) is 36.7 Å². The Morgan fingerprint density at radius 3 is 2.35 bits per heavy atom. The van der Waals surface area contributed by atoms with Crippen molar-refractivity contribution in [1.29, 1.82) is 0 Å². The van der Waals surface area contributed by atoms with Crippen LogP contribution in [0.4, 0.5) is 0 Å². The zero-order valence-electron chi connectivity index (χ0n) is 15.4. The molecule has 1 N–H and O–H groups in total. The molecule has 2 saturated heterocycles. The number of piperidine rings is 1. The third kappa shape index (κ3) is 4.71. The number of nitrogens with zero attached hydrogens (tertiary/aromatic N) is 3. The van der Waals surface area contributed by atoms with E-state index in [2.05, 4.69) is 39.0 Å². The highest BCUT2D eigenvalue weighted by Crippen LogP contribution is 2.26. The number of aromatic nitrogens is 1. The van der Waals surface area contributed by atoms with Gasteiger partial charge in [0.15, 0.2) is 0 Å². The summed E-state index contributed by atoms with van der Waals surface area (Å²) in [7, 11) is 0. The Hall–Kier alpha value is -1.27. The van der Waals surface area contributed by atoms with Crippen LogP contribution in [0.3, 0.4) is 0 Å². The quantitative estimate of drug-likeness (QED) is 0.847. The first-order chi connectivity index (χ1) is 12.8. The summed E-state index contributed by atoms with van der Waals surface area (Å²) in [5.74, 6) is 0.324. The maximum absolute atomic E-state index is 10.5. The topological polar surface area (TPSA) is 39.6 Å². The van der Waals surface area contributed by atoms with Crippen LogP contribution < -0.4 is 0 Å². The molecule has 0 spiro atoms. The first-order valence-electron chi connectivity index (χ1n) is 9.85. The number of rotatable bonds is 6. The second-order valence-corrected chi connectivity index (χ2v) is 9.04. The number of likely N-dealkylation sites (tertiary alicyclic amines) is 2. The minimum Gasteiger partial charge on any atom is -0.391 e. The highest BCUT2D eigenvalue weighted by molar-refractivity contribution is 7.11. The van der Waals surface area contributed by atoms with Gasteiger partial charge in [-0.3, -0.25) is 14.8 Å². The highest BCUT2D eigenvalue weighted by atomic mass is 32.1. The molecule has 2 aromatic rings. The van der Waals surface area contributed by atoms with Gasteiger partial charge in [0.25, 0.3) is 0 Å². The number of aliphatic hydroxyl groups excluding tert-OH is 1. The zero-order valence-corrected chi connectivity index (χ0v) is 16.2. The average Bonchev–Trinajstić information content (AvgIpc) is 3.23. The molecule has 0 bridgehead atoms. The molecule has 2 aromatic heterocycles. The van der Waals surface area contributed by atoms with Crippen molar-refractivity contribution in [1.82, 2.24) is 14.8 Å². The maximum Gasteiger partial charge on any atom is 0.0710 e. The van der Waals surface area contributed by atoms with Gasteiger partial charge in [0.1, 0.15) is 0 Å². The monoisotopic (exact) mass is 371 g/mol. The SMILES string of the molecule is O[C@H]1CN(Cc2ccc(CN3CCCCC3)s2)C[C@H]1Cc1ccncc1. The largest absolute Gasteiger partial charge is 0.391 e. The highest BCUT2D eigenvalue weighted by Gasteiger charge is 2.31. The lowest BCUT2D eigenvalue weighted by Gasteiger charge is -2.25. The Balaban J connectivity index is 1.29. The molecule has 0 radical (unpaired) electrons. The van der Waals surface area contributed by atoms with E-state index in [0.717, 1.165) is 32.6 Å². The van der Waals surface area contributed by atoms with Crippen LogP contribution in [0.2, 0.25) is 0 Å². The molecule has 4 nitrogen and oxygen atoms in total. The smallest absolute Gasteiger partial charge is 0.0710 e. The molecule has 0 aromatic carbocycles. The van der Waals surface area contributed by atoms with Gasteiger partial charge in [-0.05, 0) is 62.2 Å². The summed E-state index contributed by atoms with van der Waals surface area (Å²) in [6, 6.07) is 8.70. The third-order valence-electron chi connectivity index (χ3n) is 5.65. The lowest BCUT2D eigenvalue weighted by molar-refractivity contribution is 0.141. The lowest BCUT2D eigenvalue weighted by atomic mass is 9.97. The number of thiophene rings is 1. The van der Waals surface area contributed by atoms with Gasteiger partial charge < -0.3 is 5.11 Å². The van der Waals surface area contributed by atoms with E-state index in [0.29, 0.717) is 5.92 Å². The Morgan fingerprint density at radius 2 is 1.62 bits per heavy atom. The van der Waals surface area contributed by atoms with Crippen molar-refractivity contribution in [3.05, 3.63) is 52.0 Å². The summed E-state index contributed by atoms with van der Waals surface area (Å²) in [4.78, 5) is 12.0. The molecule has 0 unspecified atom stereocenters. The number of β-amino-alcohol motifs (C(OH)–C–C–N with tert-alkyl or cyclic N) is 1. The van der Waals surface area contributed by atoms with Gasteiger partial charge in [-0.15, -0.1) is 11.3 Å². The van der Waals surface area contributed by atoms with E-state index in [1.54, 1.807) is 0 Å². The summed E-state index contributed by atoms with van der Waals surface area (Å²) in [5, 5.41) is 10.5. The van der Waals surface area contributed by atoms with Gasteiger partial charge in [0.2, 0.25) is 0 Å². The summed E-state index contributed by atoms with van der Waals surface area (Å²) in [6.07, 6.45) is 8.48. The van der Waals surface area contributed by atoms with Crippen LogP contribution in [0, 0.1) is 5.92 Å². The molecule has 0 saturated carbocycles. The fourth-order valence-electron chi connectivity index (χ4n) is 4.24. The van der Waals surface area contributed by atoms with Gasteiger partial charge in [0.05, 0.1) is 6.10 Å². The van der Waals surface area contributed by atoms with E-state index in [9.17, 15) is 5.11 Å². The Bertz CT molecular complexity index is 684. The van der Waals surface area contributed by atoms with Gasteiger partial charge in [-0.25, -0.2) is 0 Å². The average molecular weight is 372 g/mol. The molecule has 4 rings (SSSR count). The number of pyridine rings is 1. The van der Waals surface area contributed by atoms with Crippen molar-refractivity contribution >= 4 is 11.3 Å². The van der Waals surface area contributed by atoms with Crippen LogP contribution >= 0.6 is 11.3 Å². The predicted molar refractivity (Wildman–Crippen MR) is 106 cm³/mol. The second kappa shape index (κ2) is 8.61. The number of aliphatic hydroxyl groups is 1. The van der Waals surface area contributed by atoms with Gasteiger partial charge in [0, 0.05) is 54.2 Å². The molecule has 2 aliphatic heterocycles. The summed E-state index contributed by atoms with van der Waals surface area (Å²) in [6.45, 7) is 6.34. The van der Waals surface area contributed by atoms with Crippen molar-refractivity contribution in [2.75, 3.05) is 26.2 Å². The molecule has 5 heteroatoms. The molecular weight excluding hydrogens is 342 g/mol. The number of hydrogen-bond acceptors (Lipinski definition) is 5. The van der Waals surface area contributed by atoms with E-state index in [1.165, 1.54) is 47.7 Å². The first-order valence-corrected chi connectivity index (χ1v) is 10.7. The second-order valence-electron chi connectivity index (χ2n) is 7.79. The minimum absolute atomic E-state index is 0.226. The van der Waals surface area contributed by atoms with Crippen LogP contribution in [0.5, 0.6) is 0 Å². The fourth-order valence-corrected chi connectivity index (χ4v) is 5.35. The summed E-state index contributed by atoms with van der Waals surface area (Å²) in [5.41, 5.74) is 1.27. The Morgan fingerprint density at radius 1 is 0.923 bits per heavy atom. The first kappa shape index (κ1) is 18.1. The van der Waals surface area contributed by atoms with Crippen LogP contribution in [0.25, 0.3) is 0 Å². The van der Waals surface area contributed by atoms with Gasteiger partial charge >= 0.3 is 0 Å². The van der Waals surface area contributed by atoms with Gasteiger partial charge in [-0.2, -0.15) is 0 Å². The number of hydrogen-bond donors (Lipinski definition) is 1. The summed E-state index contributed by atoms with van der Waals surface area (Å²) >= 11 is 1.95. The maximum atomic E-state index is 10.5. The molecule has 2 atom stereocenters. The van der Waals surface area contributed by atoms with Crippen molar-refractivity contribution in [3.63, 3.8) is 0 Å². The molecule has 2 aliphatic rings. The zero-order chi connectivity index (χ0) is 17.8. The standard InChI is InChI=1S/C21H29N3OS/c25-21-16-24(13-18(21)12-17-6-8-22-9-7-17)15-20-5-4-19(26-20)14-23-10-2-1-3-11-23/h4-9,18,21,25H,1-3,10-16H2/t18-,21+/m1/s1. The molecule has 140 valence electrons. The molecule has 26 heavy (non-hydrogen) atoms. The molecular formula is C21H29N3OS. The van der Waals surface area contributed by atoms with E-state index < -0.39 is 0 Å². The van der Waals surface area contributed by atoms with Crippen molar-refractivity contribution in [2.45, 2.75) is 44.9 Å². The van der Waals surface area contributed by atoms with Crippen LogP contribution in [-0.4, -0.2) is 52.2 Å². The third-order valence-corrected chi connectivity index (χ3v) is 6.71. The Kier molecular flexibility index (Phi) is 6.00. The lowest BCUT2D eigenvalue weighted by Crippen LogP contribution is -2.28. The minimum atomic E-state index is -0.226. The van der Waals surface area contributed by atoms with Crippen LogP contribution in [0.1, 0.15) is 34.6 Å². The van der Waals surface area contributed by atoms with Crippen molar-refractivity contribution in [2.24, 2.45) is 5.92 Å². The van der Waals surface area contributed by atoms with E-state index in [-0.39, 0.29) is 6.10 Å². The van der Waals surface area contributed by atoms with E-state index >= 15 is 0 Å². The molecule has 4 heterocycles. The molecule has 0 amide bonds. The van der Waals surface area contributed by atoms with Crippen molar-refractivity contribution < 1.29 is 5.11 Å². The van der Waals surface area contributed by atoms with Crippen molar-refractivity contribution in [3.8, 4) is 0 Å². The molecule has 2 fully saturated rings. The normalized spacial score (nSPS) is 25.0. The predicted octanol–water partition coefficient (Wildman–Crippen LogP) is 3.16. The van der Waals surface area contributed by atoms with E-state index in [4.69, 9.17) is 0 Å². The van der Waals surface area contributed by atoms with Gasteiger partial charge in [-0.1, -0.05) is 6.42 Å². The summed E-state index contributed by atoms with van der Waals surface area (Å²) < 4.78 is 0. The Labute approximate surface area is 160 Å². The van der Waals surface area contributed by atoms with Crippen LogP contribution in [-0.2, 0) is 19.5 Å². The molecule has 0 aliphatic carbocycles. The van der Waals surface area contributed by atoms with E-state index in [1.807, 2.05) is 23.7 Å².